The predicted octanol–water partition coefficient (Wildman–Crippen LogP) is 5.83. The number of furan rings is 1. The van der Waals surface area contributed by atoms with Gasteiger partial charge in [0.1, 0.15) is 18.1 Å². The Bertz CT molecular complexity index is 1500. The summed E-state index contributed by atoms with van der Waals surface area (Å²) >= 11 is 0. The average molecular weight is 585 g/mol. The maximum atomic E-state index is 13.9. The number of carbonyl (C=O) groups is 2. The zero-order valence-corrected chi connectivity index (χ0v) is 24.9. The molecule has 2 amide bonds. The average Bonchev–Trinajstić information content (AvgIpc) is 3.56. The summed E-state index contributed by atoms with van der Waals surface area (Å²) < 4.78 is 5.55. The summed E-state index contributed by atoms with van der Waals surface area (Å²) in [5.74, 6) is -1.40. The highest BCUT2D eigenvalue weighted by atomic mass is 16.4. The molecule has 4 N–H and O–H groups in total. The van der Waals surface area contributed by atoms with Gasteiger partial charge in [-0.15, -0.1) is 0 Å². The molecule has 1 fully saturated rings. The quantitative estimate of drug-likeness (QED) is 0.165. The molecule has 2 aliphatic rings. The number of nitrogens with zero attached hydrogens (tertiary/aromatic N) is 1. The highest BCUT2D eigenvalue weighted by molar-refractivity contribution is 6.22. The fourth-order valence-corrected chi connectivity index (χ4v) is 6.47. The van der Waals surface area contributed by atoms with Gasteiger partial charge in [-0.3, -0.25) is 14.5 Å². The molecule has 5 rings (SSSR count). The van der Waals surface area contributed by atoms with Crippen LogP contribution in [0.1, 0.15) is 51.6 Å². The number of anilines is 3. The van der Waals surface area contributed by atoms with Crippen molar-refractivity contribution in [3.63, 3.8) is 0 Å². The van der Waals surface area contributed by atoms with E-state index in [9.17, 15) is 24.9 Å². The van der Waals surface area contributed by atoms with Crippen molar-refractivity contribution >= 4 is 35.0 Å². The monoisotopic (exact) mass is 584 g/mol. The minimum absolute atomic E-state index is 0.0385. The van der Waals surface area contributed by atoms with Gasteiger partial charge in [-0.25, -0.2) is 0 Å². The van der Waals surface area contributed by atoms with Gasteiger partial charge in [-0.2, -0.15) is 0 Å². The Balaban J connectivity index is 1.35. The number of para-hydroxylation sites is 1. The Labute approximate surface area is 252 Å². The van der Waals surface area contributed by atoms with Crippen LogP contribution >= 0.6 is 0 Å². The van der Waals surface area contributed by atoms with E-state index >= 15 is 0 Å². The van der Waals surface area contributed by atoms with E-state index < -0.39 is 23.9 Å². The fourth-order valence-electron chi connectivity index (χ4n) is 6.47. The fraction of sp³-hybridized carbons (Fsp3) is 0.371. The van der Waals surface area contributed by atoms with Crippen LogP contribution in [0, 0.1) is 23.7 Å². The molecule has 1 aromatic heterocycles. The van der Waals surface area contributed by atoms with Crippen molar-refractivity contribution in [3.8, 4) is 0 Å². The summed E-state index contributed by atoms with van der Waals surface area (Å²) in [7, 11) is 0. The molecule has 0 saturated carbocycles. The van der Waals surface area contributed by atoms with E-state index in [1.54, 1.807) is 24.3 Å². The van der Waals surface area contributed by atoms with Crippen LogP contribution in [0.15, 0.2) is 87.9 Å². The SMILES string of the molecule is C/C(=C\c1ccc(CO)o1)CC[C@@H](O)C1=C(C(C)C)C[C@H]2C(=O)N(c3ccc(Nc4ccccc4)cc3)C(=O)[C@H]2[C@H]1CO. The number of nitrogens with one attached hydrogen (secondary N) is 1. The third kappa shape index (κ3) is 6.37. The van der Waals surface area contributed by atoms with Crippen LogP contribution in [-0.2, 0) is 16.2 Å². The highest BCUT2D eigenvalue weighted by Gasteiger charge is 2.55. The van der Waals surface area contributed by atoms with Crippen LogP contribution in [0.5, 0.6) is 0 Å². The lowest BCUT2D eigenvalue weighted by molar-refractivity contribution is -0.123. The number of hydrogen-bond donors (Lipinski definition) is 4. The van der Waals surface area contributed by atoms with Gasteiger partial charge in [0.25, 0.3) is 0 Å². The lowest BCUT2D eigenvalue weighted by atomic mass is 9.66. The maximum absolute atomic E-state index is 13.9. The van der Waals surface area contributed by atoms with Crippen LogP contribution < -0.4 is 10.2 Å². The van der Waals surface area contributed by atoms with Gasteiger partial charge >= 0.3 is 0 Å². The smallest absolute Gasteiger partial charge is 0.238 e. The number of amides is 2. The Morgan fingerprint density at radius 3 is 2.33 bits per heavy atom. The second-order valence-corrected chi connectivity index (χ2v) is 11.8. The molecule has 0 unspecified atom stereocenters. The Morgan fingerprint density at radius 1 is 1.00 bits per heavy atom. The standard InChI is InChI=1S/C35H40N2O6/c1-21(2)28-18-29-33(30(20-39)32(28)31(40)16-9-22(3)17-26-14-15-27(19-38)43-26)35(42)37(34(29)41)25-12-10-24(11-13-25)36-23-7-5-4-6-8-23/h4-8,10-15,17,21,29-31,33,36,38-40H,9,16,18-20H2,1-3H3/b22-17+/t29-,30+,31-,33-/m1/s1. The Morgan fingerprint density at radius 2 is 1.70 bits per heavy atom. The van der Waals surface area contributed by atoms with Crippen molar-refractivity contribution in [2.75, 3.05) is 16.8 Å². The first-order chi connectivity index (χ1) is 20.7. The van der Waals surface area contributed by atoms with Crippen LogP contribution in [-0.4, -0.2) is 39.8 Å². The molecule has 1 saturated heterocycles. The van der Waals surface area contributed by atoms with E-state index in [1.807, 2.05) is 69.3 Å². The summed E-state index contributed by atoms with van der Waals surface area (Å²) in [5, 5.41) is 34.7. The van der Waals surface area contributed by atoms with Crippen molar-refractivity contribution in [2.24, 2.45) is 23.7 Å². The second kappa shape index (κ2) is 13.1. The van der Waals surface area contributed by atoms with Crippen LogP contribution in [0.2, 0.25) is 0 Å². The molecule has 1 aliphatic carbocycles. The number of rotatable bonds is 11. The molecule has 43 heavy (non-hydrogen) atoms. The normalized spacial score (nSPS) is 21.5. The van der Waals surface area contributed by atoms with Crippen molar-refractivity contribution in [1.82, 2.24) is 0 Å². The second-order valence-electron chi connectivity index (χ2n) is 11.8. The first kappa shape index (κ1) is 30.5. The third-order valence-corrected chi connectivity index (χ3v) is 8.60. The summed E-state index contributed by atoms with van der Waals surface area (Å²) in [6, 6.07) is 20.4. The van der Waals surface area contributed by atoms with Crippen molar-refractivity contribution in [1.29, 1.82) is 0 Å². The molecule has 4 atom stereocenters. The molecule has 3 aromatic rings. The van der Waals surface area contributed by atoms with Gasteiger partial charge in [-0.1, -0.05) is 43.2 Å². The molecule has 0 bridgehead atoms. The molecule has 0 spiro atoms. The summed E-state index contributed by atoms with van der Waals surface area (Å²) in [6.45, 7) is 5.49. The molecule has 8 heteroatoms. The van der Waals surface area contributed by atoms with Gasteiger partial charge in [-0.05, 0) is 92.3 Å². The number of benzene rings is 2. The molecule has 2 heterocycles. The van der Waals surface area contributed by atoms with Gasteiger partial charge in [0.05, 0.1) is 30.2 Å². The molecular formula is C35H40N2O6. The Kier molecular flexibility index (Phi) is 9.30. The van der Waals surface area contributed by atoms with E-state index in [0.717, 1.165) is 22.5 Å². The van der Waals surface area contributed by atoms with Crippen LogP contribution in [0.3, 0.4) is 0 Å². The van der Waals surface area contributed by atoms with Crippen molar-refractivity contribution in [2.45, 2.75) is 52.7 Å². The van der Waals surface area contributed by atoms with Gasteiger partial charge in [0.2, 0.25) is 11.8 Å². The summed E-state index contributed by atoms with van der Waals surface area (Å²) in [5.41, 5.74) is 4.88. The van der Waals surface area contributed by atoms with Gasteiger partial charge < -0.3 is 25.1 Å². The Hall–Kier alpha value is -3.98. The summed E-state index contributed by atoms with van der Waals surface area (Å²) in [6.07, 6.45) is 2.35. The number of hydrogen-bond acceptors (Lipinski definition) is 7. The number of aliphatic hydroxyl groups is 3. The summed E-state index contributed by atoms with van der Waals surface area (Å²) in [4.78, 5) is 28.9. The van der Waals surface area contributed by atoms with E-state index in [0.29, 0.717) is 42.0 Å². The molecule has 1 aliphatic heterocycles. The number of carbonyl (C=O) groups excluding carboxylic acids is 2. The molecule has 226 valence electrons. The van der Waals surface area contributed by atoms with E-state index in [4.69, 9.17) is 4.42 Å². The highest BCUT2D eigenvalue weighted by Crippen LogP contribution is 2.49. The van der Waals surface area contributed by atoms with E-state index in [1.165, 1.54) is 4.90 Å². The lowest BCUT2D eigenvalue weighted by Gasteiger charge is -2.38. The van der Waals surface area contributed by atoms with E-state index in [2.05, 4.69) is 5.32 Å². The zero-order valence-electron chi connectivity index (χ0n) is 24.9. The number of allylic oxidation sites excluding steroid dienone is 2. The number of fused-ring (bicyclic) bond motifs is 1. The minimum atomic E-state index is -0.872. The van der Waals surface area contributed by atoms with Crippen LogP contribution in [0.25, 0.3) is 6.08 Å². The van der Waals surface area contributed by atoms with Gasteiger partial charge in [0.15, 0.2) is 0 Å². The molecular weight excluding hydrogens is 544 g/mol. The van der Waals surface area contributed by atoms with E-state index in [-0.39, 0.29) is 30.9 Å². The molecule has 8 nitrogen and oxygen atoms in total. The van der Waals surface area contributed by atoms with Gasteiger partial charge in [0, 0.05) is 17.3 Å². The van der Waals surface area contributed by atoms with Crippen LogP contribution in [0.4, 0.5) is 17.1 Å². The molecule has 2 aromatic carbocycles. The number of imide groups is 1. The minimum Gasteiger partial charge on any atom is -0.459 e. The first-order valence-corrected chi connectivity index (χ1v) is 14.9. The first-order valence-electron chi connectivity index (χ1n) is 14.9. The third-order valence-electron chi connectivity index (χ3n) is 8.60. The zero-order chi connectivity index (χ0) is 30.7. The van der Waals surface area contributed by atoms with Crippen molar-refractivity contribution in [3.05, 3.63) is 95.0 Å². The topological polar surface area (TPSA) is 123 Å². The molecule has 0 radical (unpaired) electrons. The lowest BCUT2D eigenvalue weighted by Crippen LogP contribution is -2.39. The maximum Gasteiger partial charge on any atom is 0.238 e. The predicted molar refractivity (Wildman–Crippen MR) is 166 cm³/mol. The van der Waals surface area contributed by atoms with Crippen molar-refractivity contribution < 1.29 is 29.3 Å². The largest absolute Gasteiger partial charge is 0.459 e. The number of aliphatic hydroxyl groups excluding tert-OH is 3.